The van der Waals surface area contributed by atoms with E-state index in [2.05, 4.69) is 20.5 Å². The molecule has 1 amide bonds. The lowest BCUT2D eigenvalue weighted by molar-refractivity contribution is 0.0636. The minimum atomic E-state index is -0.313. The van der Waals surface area contributed by atoms with Crippen LogP contribution in [-0.4, -0.2) is 43.1 Å². The average molecular weight is 459 g/mol. The number of amides is 1. The van der Waals surface area contributed by atoms with E-state index in [0.29, 0.717) is 36.8 Å². The molecule has 0 aliphatic carbocycles. The maximum Gasteiger partial charge on any atom is 0.274 e. The van der Waals surface area contributed by atoms with Crippen LogP contribution in [0.1, 0.15) is 35.6 Å². The molecule has 0 bridgehead atoms. The van der Waals surface area contributed by atoms with Gasteiger partial charge in [-0.15, -0.1) is 0 Å². The minimum Gasteiger partial charge on any atom is -0.483 e. The summed E-state index contributed by atoms with van der Waals surface area (Å²) in [5.41, 5.74) is 2.48. The molecule has 0 radical (unpaired) electrons. The topological polar surface area (TPSA) is 105 Å². The van der Waals surface area contributed by atoms with Crippen molar-refractivity contribution in [3.8, 4) is 5.75 Å². The fourth-order valence-corrected chi connectivity index (χ4v) is 4.28. The number of fused-ring (bicyclic) bond motifs is 2. The first-order chi connectivity index (χ1) is 16.5. The number of H-pyrrole nitrogens is 1. The fraction of sp³-hybridized carbons (Fsp3) is 0.280. The lowest BCUT2D eigenvalue weighted by atomic mass is 10.1. The highest BCUT2D eigenvalue weighted by atomic mass is 16.5. The summed E-state index contributed by atoms with van der Waals surface area (Å²) in [5, 5.41) is 11.1. The highest BCUT2D eigenvalue weighted by molar-refractivity contribution is 5.96. The van der Waals surface area contributed by atoms with E-state index in [1.54, 1.807) is 23.4 Å². The quantitative estimate of drug-likeness (QED) is 0.441. The third-order valence-corrected chi connectivity index (χ3v) is 6.04. The number of anilines is 1. The Labute approximate surface area is 196 Å². The van der Waals surface area contributed by atoms with Gasteiger partial charge in [0.1, 0.15) is 12.4 Å². The second-order valence-corrected chi connectivity index (χ2v) is 8.54. The number of carbonyl (C=O) groups excluding carboxylic acids is 1. The number of nitrogens with one attached hydrogen (secondary N) is 2. The smallest absolute Gasteiger partial charge is 0.274 e. The van der Waals surface area contributed by atoms with E-state index >= 15 is 0 Å². The van der Waals surface area contributed by atoms with E-state index in [0.717, 1.165) is 16.5 Å². The number of carbonyl (C=O) groups is 1. The summed E-state index contributed by atoms with van der Waals surface area (Å²) in [4.78, 5) is 32.8. The second kappa shape index (κ2) is 9.01. The molecule has 4 aromatic rings. The van der Waals surface area contributed by atoms with Gasteiger partial charge in [-0.05, 0) is 25.5 Å². The van der Waals surface area contributed by atoms with E-state index in [-0.39, 0.29) is 29.7 Å². The van der Waals surface area contributed by atoms with Crippen molar-refractivity contribution in [3.63, 3.8) is 0 Å². The normalized spacial score (nSPS) is 13.4. The summed E-state index contributed by atoms with van der Waals surface area (Å²) < 4.78 is 7.85. The molecule has 1 aliphatic heterocycles. The van der Waals surface area contributed by atoms with Gasteiger partial charge in [-0.2, -0.15) is 5.10 Å². The maximum absolute atomic E-state index is 13.5. The molecule has 4 heterocycles. The summed E-state index contributed by atoms with van der Waals surface area (Å²) in [6, 6.07) is 13.0. The fourth-order valence-electron chi connectivity index (χ4n) is 4.28. The van der Waals surface area contributed by atoms with Crippen LogP contribution in [0.5, 0.6) is 5.75 Å². The van der Waals surface area contributed by atoms with Crippen LogP contribution in [0.3, 0.4) is 0 Å². The molecule has 0 spiro atoms. The first-order valence-corrected chi connectivity index (χ1v) is 11.3. The third-order valence-electron chi connectivity index (χ3n) is 6.04. The van der Waals surface area contributed by atoms with Gasteiger partial charge in [-0.1, -0.05) is 30.3 Å². The molecule has 9 heteroatoms. The Kier molecular flexibility index (Phi) is 5.75. The largest absolute Gasteiger partial charge is 0.483 e. The molecule has 0 fully saturated rings. The first-order valence-electron chi connectivity index (χ1n) is 11.3. The van der Waals surface area contributed by atoms with Gasteiger partial charge in [0, 0.05) is 37.1 Å². The van der Waals surface area contributed by atoms with Crippen molar-refractivity contribution in [2.24, 2.45) is 0 Å². The average Bonchev–Trinajstić information content (AvgIpc) is 3.32. The Hall–Kier alpha value is -4.14. The van der Waals surface area contributed by atoms with Gasteiger partial charge in [0.2, 0.25) is 5.43 Å². The summed E-state index contributed by atoms with van der Waals surface area (Å²) in [7, 11) is 0. The minimum absolute atomic E-state index is 0.0167. The molecule has 0 saturated heterocycles. The predicted octanol–water partition coefficient (Wildman–Crippen LogP) is 3.17. The highest BCUT2D eigenvalue weighted by Gasteiger charge is 2.32. The van der Waals surface area contributed by atoms with Crippen LogP contribution < -0.4 is 15.5 Å². The molecule has 34 heavy (non-hydrogen) atoms. The van der Waals surface area contributed by atoms with Gasteiger partial charge in [-0.3, -0.25) is 14.7 Å². The predicted molar refractivity (Wildman–Crippen MR) is 129 cm³/mol. The molecule has 3 aromatic heterocycles. The molecule has 0 atom stereocenters. The Morgan fingerprint density at radius 1 is 1.15 bits per heavy atom. The zero-order valence-electron chi connectivity index (χ0n) is 19.1. The summed E-state index contributed by atoms with van der Waals surface area (Å²) in [6.45, 7) is 5.61. The molecule has 174 valence electrons. The van der Waals surface area contributed by atoms with Gasteiger partial charge >= 0.3 is 0 Å². The molecule has 0 saturated carbocycles. The molecule has 9 nitrogen and oxygen atoms in total. The lowest BCUT2D eigenvalue weighted by Gasteiger charge is -2.35. The van der Waals surface area contributed by atoms with Gasteiger partial charge in [-0.25, -0.2) is 4.98 Å². The SMILES string of the molecule is CC(C)N1CCn2c(CNc3nccc4[nH]ncc34)cc(=O)c(OCc3ccccc3)c2C1=O. The number of rotatable bonds is 7. The van der Waals surface area contributed by atoms with Crippen molar-refractivity contribution in [1.82, 2.24) is 24.6 Å². The van der Waals surface area contributed by atoms with Crippen molar-refractivity contribution >= 4 is 22.6 Å². The van der Waals surface area contributed by atoms with Crippen LogP contribution in [0.15, 0.2) is 59.7 Å². The van der Waals surface area contributed by atoms with Gasteiger partial charge in [0.25, 0.3) is 5.91 Å². The molecular weight excluding hydrogens is 432 g/mol. The summed E-state index contributed by atoms with van der Waals surface area (Å²) in [6.07, 6.45) is 3.39. The number of ether oxygens (including phenoxy) is 1. The van der Waals surface area contributed by atoms with E-state index in [1.807, 2.05) is 54.8 Å². The van der Waals surface area contributed by atoms with E-state index in [9.17, 15) is 9.59 Å². The third kappa shape index (κ3) is 4.00. The van der Waals surface area contributed by atoms with Crippen LogP contribution in [0.2, 0.25) is 0 Å². The zero-order chi connectivity index (χ0) is 23.7. The number of hydrogen-bond donors (Lipinski definition) is 2. The number of pyridine rings is 2. The molecular formula is C25H26N6O3. The summed E-state index contributed by atoms with van der Waals surface area (Å²) in [5.74, 6) is 0.555. The number of hydrogen-bond acceptors (Lipinski definition) is 6. The number of aromatic nitrogens is 4. The van der Waals surface area contributed by atoms with Gasteiger partial charge in [0.15, 0.2) is 11.4 Å². The van der Waals surface area contributed by atoms with Crippen LogP contribution in [0.4, 0.5) is 5.82 Å². The molecule has 5 rings (SSSR count). The van der Waals surface area contributed by atoms with Gasteiger partial charge in [0.05, 0.1) is 23.6 Å². The second-order valence-electron chi connectivity index (χ2n) is 8.54. The van der Waals surface area contributed by atoms with Crippen LogP contribution in [-0.2, 0) is 19.7 Å². The monoisotopic (exact) mass is 458 g/mol. The van der Waals surface area contributed by atoms with Crippen molar-refractivity contribution in [2.45, 2.75) is 39.6 Å². The molecule has 0 unspecified atom stereocenters. The molecule has 1 aromatic carbocycles. The maximum atomic E-state index is 13.5. The Morgan fingerprint density at radius 3 is 2.76 bits per heavy atom. The first kappa shape index (κ1) is 21.7. The number of nitrogens with zero attached hydrogens (tertiary/aromatic N) is 4. The zero-order valence-corrected chi connectivity index (χ0v) is 19.1. The van der Waals surface area contributed by atoms with Crippen molar-refractivity contribution < 1.29 is 9.53 Å². The molecule has 1 aliphatic rings. The van der Waals surface area contributed by atoms with Crippen LogP contribution in [0.25, 0.3) is 10.9 Å². The van der Waals surface area contributed by atoms with E-state index in [1.165, 1.54) is 0 Å². The Bertz CT molecular complexity index is 1390. The van der Waals surface area contributed by atoms with E-state index < -0.39 is 0 Å². The van der Waals surface area contributed by atoms with Crippen molar-refractivity contribution in [2.75, 3.05) is 11.9 Å². The van der Waals surface area contributed by atoms with Crippen molar-refractivity contribution in [1.29, 1.82) is 0 Å². The van der Waals surface area contributed by atoms with Gasteiger partial charge < -0.3 is 19.5 Å². The molecule has 2 N–H and O–H groups in total. The Morgan fingerprint density at radius 2 is 1.97 bits per heavy atom. The van der Waals surface area contributed by atoms with E-state index in [4.69, 9.17) is 4.74 Å². The van der Waals surface area contributed by atoms with Crippen LogP contribution >= 0.6 is 0 Å². The number of benzene rings is 1. The number of aromatic amines is 1. The van der Waals surface area contributed by atoms with Crippen molar-refractivity contribution in [3.05, 3.63) is 82.0 Å². The highest BCUT2D eigenvalue weighted by Crippen LogP contribution is 2.25. The van der Waals surface area contributed by atoms with Crippen LogP contribution in [0, 0.1) is 0 Å². The summed E-state index contributed by atoms with van der Waals surface area (Å²) >= 11 is 0. The lowest BCUT2D eigenvalue weighted by Crippen LogP contribution is -2.46. The Balaban J connectivity index is 1.51. The standard InChI is InChI=1S/C25H26N6O3/c1-16(2)30-10-11-31-18(13-27-24-19-14-28-29-20(19)8-9-26-24)12-21(32)23(22(31)25(30)33)34-15-17-6-4-3-5-7-17/h3-9,12,14,16H,10-11,13,15H2,1-2H3,(H,26,27)(H,28,29).